The Balaban J connectivity index is 2.17. The van der Waals surface area contributed by atoms with Crippen molar-refractivity contribution in [1.82, 2.24) is 9.88 Å². The number of aromatic nitrogens is 1. The summed E-state index contributed by atoms with van der Waals surface area (Å²) in [7, 11) is 4.08. The second-order valence-electron chi connectivity index (χ2n) is 4.00. The third kappa shape index (κ3) is 2.49. The van der Waals surface area contributed by atoms with E-state index in [1.165, 1.54) is 0 Å². The van der Waals surface area contributed by atoms with Gasteiger partial charge < -0.3 is 9.64 Å². The summed E-state index contributed by atoms with van der Waals surface area (Å²) in [6.45, 7) is 1.62. The van der Waals surface area contributed by atoms with E-state index in [0.717, 1.165) is 23.1 Å². The first-order valence-electron chi connectivity index (χ1n) is 5.37. The number of rotatable bonds is 4. The highest BCUT2D eigenvalue weighted by Crippen LogP contribution is 2.24. The van der Waals surface area contributed by atoms with Crippen LogP contribution in [0.4, 0.5) is 0 Å². The van der Waals surface area contributed by atoms with Crippen LogP contribution in [0.15, 0.2) is 36.7 Å². The Bertz CT molecular complexity index is 463. The van der Waals surface area contributed by atoms with Gasteiger partial charge in [-0.3, -0.25) is 4.98 Å². The van der Waals surface area contributed by atoms with Crippen molar-refractivity contribution in [3.8, 4) is 5.75 Å². The smallest absolute Gasteiger partial charge is 0.127 e. The lowest BCUT2D eigenvalue weighted by Gasteiger charge is -2.12. The van der Waals surface area contributed by atoms with Crippen LogP contribution in [0.2, 0.25) is 0 Å². The van der Waals surface area contributed by atoms with E-state index < -0.39 is 0 Å². The first-order valence-corrected chi connectivity index (χ1v) is 5.37. The van der Waals surface area contributed by atoms with Crippen LogP contribution < -0.4 is 4.74 Å². The Morgan fingerprint density at radius 2 is 2.12 bits per heavy atom. The van der Waals surface area contributed by atoms with E-state index in [1.807, 2.05) is 44.6 Å². The van der Waals surface area contributed by atoms with Crippen molar-refractivity contribution < 1.29 is 4.74 Å². The lowest BCUT2D eigenvalue weighted by atomic mass is 10.1. The molecule has 1 aromatic heterocycles. The fourth-order valence-electron chi connectivity index (χ4n) is 1.56. The zero-order valence-electron chi connectivity index (χ0n) is 9.68. The molecule has 2 rings (SSSR count). The number of benzene rings is 1. The monoisotopic (exact) mass is 216 g/mol. The fourth-order valence-corrected chi connectivity index (χ4v) is 1.56. The second kappa shape index (κ2) is 4.94. The quantitative estimate of drug-likeness (QED) is 0.783. The molecular formula is C13H16N2O. The SMILES string of the molecule is CN(C)CCOc1cccc2cnccc12. The highest BCUT2D eigenvalue weighted by atomic mass is 16.5. The minimum atomic E-state index is 0.703. The van der Waals surface area contributed by atoms with Crippen LogP contribution in [0.3, 0.4) is 0 Å². The summed E-state index contributed by atoms with van der Waals surface area (Å²) in [6, 6.07) is 8.02. The summed E-state index contributed by atoms with van der Waals surface area (Å²) < 4.78 is 5.76. The van der Waals surface area contributed by atoms with Gasteiger partial charge in [0, 0.05) is 29.7 Å². The Hall–Kier alpha value is -1.61. The standard InChI is InChI=1S/C13H16N2O/c1-15(2)8-9-16-13-5-3-4-11-10-14-7-6-12(11)13/h3-7,10H,8-9H2,1-2H3. The molecule has 0 unspecified atom stereocenters. The van der Waals surface area contributed by atoms with Gasteiger partial charge >= 0.3 is 0 Å². The van der Waals surface area contributed by atoms with Gasteiger partial charge in [-0.1, -0.05) is 12.1 Å². The van der Waals surface area contributed by atoms with Gasteiger partial charge in [0.2, 0.25) is 0 Å². The average Bonchev–Trinajstić information content (AvgIpc) is 2.29. The van der Waals surface area contributed by atoms with E-state index in [4.69, 9.17) is 4.74 Å². The predicted octanol–water partition coefficient (Wildman–Crippen LogP) is 2.18. The van der Waals surface area contributed by atoms with Crippen LogP contribution >= 0.6 is 0 Å². The number of hydrogen-bond donors (Lipinski definition) is 0. The van der Waals surface area contributed by atoms with Crippen molar-refractivity contribution in [3.63, 3.8) is 0 Å². The lowest BCUT2D eigenvalue weighted by Crippen LogP contribution is -2.19. The lowest BCUT2D eigenvalue weighted by molar-refractivity contribution is 0.263. The maximum absolute atomic E-state index is 5.76. The summed E-state index contributed by atoms with van der Waals surface area (Å²) in [5.74, 6) is 0.932. The van der Waals surface area contributed by atoms with Crippen LogP contribution in [0.1, 0.15) is 0 Å². The van der Waals surface area contributed by atoms with Crippen molar-refractivity contribution in [2.45, 2.75) is 0 Å². The van der Waals surface area contributed by atoms with Crippen molar-refractivity contribution in [1.29, 1.82) is 0 Å². The molecular weight excluding hydrogens is 200 g/mol. The largest absolute Gasteiger partial charge is 0.492 e. The molecule has 0 aliphatic rings. The fraction of sp³-hybridized carbons (Fsp3) is 0.308. The highest BCUT2D eigenvalue weighted by molar-refractivity contribution is 5.87. The topological polar surface area (TPSA) is 25.4 Å². The van der Waals surface area contributed by atoms with Crippen molar-refractivity contribution >= 4 is 10.8 Å². The van der Waals surface area contributed by atoms with E-state index in [1.54, 1.807) is 6.20 Å². The zero-order valence-corrected chi connectivity index (χ0v) is 9.68. The molecule has 0 bridgehead atoms. The van der Waals surface area contributed by atoms with Crippen molar-refractivity contribution in [3.05, 3.63) is 36.7 Å². The van der Waals surface area contributed by atoms with E-state index >= 15 is 0 Å². The molecule has 0 radical (unpaired) electrons. The number of pyridine rings is 1. The predicted molar refractivity (Wildman–Crippen MR) is 65.8 cm³/mol. The summed E-state index contributed by atoms with van der Waals surface area (Å²) in [6.07, 6.45) is 3.65. The van der Waals surface area contributed by atoms with Crippen molar-refractivity contribution in [2.75, 3.05) is 27.2 Å². The van der Waals surface area contributed by atoms with Gasteiger partial charge in [0.05, 0.1) is 0 Å². The third-order valence-corrected chi connectivity index (χ3v) is 2.44. The van der Waals surface area contributed by atoms with Crippen LogP contribution in [-0.2, 0) is 0 Å². The minimum absolute atomic E-state index is 0.703. The van der Waals surface area contributed by atoms with Gasteiger partial charge in [0.15, 0.2) is 0 Å². The number of fused-ring (bicyclic) bond motifs is 1. The summed E-state index contributed by atoms with van der Waals surface area (Å²) in [5, 5.41) is 2.24. The molecule has 3 nitrogen and oxygen atoms in total. The van der Waals surface area contributed by atoms with Gasteiger partial charge in [-0.25, -0.2) is 0 Å². The molecule has 0 spiro atoms. The summed E-state index contributed by atoms with van der Waals surface area (Å²) in [4.78, 5) is 6.20. The Morgan fingerprint density at radius 1 is 1.25 bits per heavy atom. The molecule has 0 saturated heterocycles. The maximum Gasteiger partial charge on any atom is 0.127 e. The molecule has 0 amide bonds. The van der Waals surface area contributed by atoms with Gasteiger partial charge in [0.1, 0.15) is 12.4 Å². The molecule has 16 heavy (non-hydrogen) atoms. The third-order valence-electron chi connectivity index (χ3n) is 2.44. The molecule has 1 aromatic carbocycles. The Morgan fingerprint density at radius 3 is 2.94 bits per heavy atom. The number of hydrogen-bond acceptors (Lipinski definition) is 3. The van der Waals surface area contributed by atoms with Crippen LogP contribution in [0.5, 0.6) is 5.75 Å². The molecule has 2 aromatic rings. The molecule has 0 aliphatic carbocycles. The molecule has 0 atom stereocenters. The van der Waals surface area contributed by atoms with E-state index in [2.05, 4.69) is 9.88 Å². The van der Waals surface area contributed by atoms with Crippen LogP contribution in [0, 0.1) is 0 Å². The maximum atomic E-state index is 5.76. The molecule has 0 saturated carbocycles. The molecule has 0 N–H and O–H groups in total. The van der Waals surface area contributed by atoms with E-state index in [9.17, 15) is 0 Å². The second-order valence-corrected chi connectivity index (χ2v) is 4.00. The minimum Gasteiger partial charge on any atom is -0.492 e. The average molecular weight is 216 g/mol. The molecule has 0 fully saturated rings. The van der Waals surface area contributed by atoms with Crippen molar-refractivity contribution in [2.24, 2.45) is 0 Å². The normalized spacial score (nSPS) is 10.9. The van der Waals surface area contributed by atoms with E-state index in [-0.39, 0.29) is 0 Å². The van der Waals surface area contributed by atoms with Gasteiger partial charge in [0.25, 0.3) is 0 Å². The number of ether oxygens (including phenoxy) is 1. The molecule has 1 heterocycles. The molecule has 84 valence electrons. The van der Waals surface area contributed by atoms with E-state index in [0.29, 0.717) is 6.61 Å². The summed E-state index contributed by atoms with van der Waals surface area (Å²) >= 11 is 0. The summed E-state index contributed by atoms with van der Waals surface area (Å²) in [5.41, 5.74) is 0. The van der Waals surface area contributed by atoms with Crippen LogP contribution in [-0.4, -0.2) is 37.1 Å². The Kier molecular flexibility index (Phi) is 3.37. The molecule has 0 aliphatic heterocycles. The van der Waals surface area contributed by atoms with Gasteiger partial charge in [-0.15, -0.1) is 0 Å². The molecule has 3 heteroatoms. The van der Waals surface area contributed by atoms with Gasteiger partial charge in [-0.05, 0) is 26.2 Å². The number of nitrogens with zero attached hydrogens (tertiary/aromatic N) is 2. The zero-order chi connectivity index (χ0) is 11.4. The first kappa shape index (κ1) is 10.9. The highest BCUT2D eigenvalue weighted by Gasteiger charge is 2.01. The van der Waals surface area contributed by atoms with Gasteiger partial charge in [-0.2, -0.15) is 0 Å². The number of likely N-dealkylation sites (N-methyl/N-ethyl adjacent to an activating group) is 1. The Labute approximate surface area is 95.7 Å². The van der Waals surface area contributed by atoms with Crippen LogP contribution in [0.25, 0.3) is 10.8 Å². The first-order chi connectivity index (χ1) is 7.77.